The van der Waals surface area contributed by atoms with E-state index in [1.807, 2.05) is 42.5 Å². The molecule has 1 heterocycles. The molecule has 43 heavy (non-hydrogen) atoms. The predicted octanol–water partition coefficient (Wildman–Crippen LogP) is 7.62. The number of nitrogens with zero attached hydrogens (tertiary/aromatic N) is 1. The minimum Gasteiger partial charge on any atom is -0.446 e. The molecule has 5 rings (SSSR count). The van der Waals surface area contributed by atoms with Crippen LogP contribution < -0.4 is 5.32 Å². The number of ether oxygens (including phenoxy) is 3. The van der Waals surface area contributed by atoms with E-state index in [2.05, 4.69) is 67.4 Å². The Balaban J connectivity index is 0.995. The highest BCUT2D eigenvalue weighted by Gasteiger charge is 2.42. The quantitative estimate of drug-likeness (QED) is 0.210. The molecule has 3 aromatic carbocycles. The third-order valence-corrected chi connectivity index (χ3v) is 8.52. The Hall–Kier alpha value is -3.19. The molecule has 0 radical (unpaired) electrons. The lowest BCUT2D eigenvalue weighted by molar-refractivity contribution is -0.0137. The van der Waals surface area contributed by atoms with Gasteiger partial charge in [-0.15, -0.1) is 0 Å². The van der Waals surface area contributed by atoms with Crippen LogP contribution in [0.2, 0.25) is 0 Å². The molecule has 1 saturated carbocycles. The summed E-state index contributed by atoms with van der Waals surface area (Å²) in [5.41, 5.74) is 5.49. The number of anilines is 1. The SMILES string of the molecule is CC(C)(C)OCCCOCCc1cccc(CCN2CC3CC(OC(=O)Nc4ccccc4-c4ccccc4)CC3C2)c1. The van der Waals surface area contributed by atoms with E-state index < -0.39 is 0 Å². The zero-order chi connectivity index (χ0) is 30.1. The minimum atomic E-state index is -0.356. The fourth-order valence-electron chi connectivity index (χ4n) is 6.43. The molecule has 1 saturated heterocycles. The van der Waals surface area contributed by atoms with Crippen LogP contribution in [0.5, 0.6) is 0 Å². The van der Waals surface area contributed by atoms with Crippen molar-refractivity contribution in [3.05, 3.63) is 90.0 Å². The number of carbonyl (C=O) groups excluding carboxylic acids is 1. The van der Waals surface area contributed by atoms with Gasteiger partial charge in [-0.1, -0.05) is 72.8 Å². The molecule has 2 aliphatic rings. The molecule has 2 fully saturated rings. The number of carbonyl (C=O) groups is 1. The molecule has 2 atom stereocenters. The van der Waals surface area contributed by atoms with Crippen LogP contribution in [0.1, 0.15) is 51.2 Å². The first-order chi connectivity index (χ1) is 20.8. The van der Waals surface area contributed by atoms with Gasteiger partial charge in [-0.25, -0.2) is 4.79 Å². The normalized spacial score (nSPS) is 20.2. The van der Waals surface area contributed by atoms with Crippen LogP contribution in [0, 0.1) is 11.8 Å². The Morgan fingerprint density at radius 3 is 2.28 bits per heavy atom. The minimum absolute atomic E-state index is 0.00838. The van der Waals surface area contributed by atoms with Gasteiger partial charge in [-0.3, -0.25) is 5.32 Å². The Bertz CT molecular complexity index is 1290. The van der Waals surface area contributed by atoms with Gasteiger partial charge in [0.05, 0.1) is 17.9 Å². The summed E-state index contributed by atoms with van der Waals surface area (Å²) in [7, 11) is 0. The maximum Gasteiger partial charge on any atom is 0.411 e. The van der Waals surface area contributed by atoms with Gasteiger partial charge in [-0.2, -0.15) is 0 Å². The molecule has 0 aromatic heterocycles. The van der Waals surface area contributed by atoms with Crippen molar-refractivity contribution in [1.82, 2.24) is 4.90 Å². The second kappa shape index (κ2) is 15.0. The zero-order valence-corrected chi connectivity index (χ0v) is 26.1. The van der Waals surface area contributed by atoms with Crippen LogP contribution in [0.25, 0.3) is 11.1 Å². The third-order valence-electron chi connectivity index (χ3n) is 8.52. The summed E-state index contributed by atoms with van der Waals surface area (Å²) in [4.78, 5) is 15.4. The summed E-state index contributed by atoms with van der Waals surface area (Å²) >= 11 is 0. The van der Waals surface area contributed by atoms with Crippen LogP contribution in [-0.2, 0) is 27.1 Å². The lowest BCUT2D eigenvalue weighted by atomic mass is 10.0. The smallest absolute Gasteiger partial charge is 0.411 e. The summed E-state index contributed by atoms with van der Waals surface area (Å²) in [6.45, 7) is 11.7. The number of hydrogen-bond acceptors (Lipinski definition) is 5. The van der Waals surface area contributed by atoms with Crippen molar-refractivity contribution < 1.29 is 19.0 Å². The van der Waals surface area contributed by atoms with Crippen molar-refractivity contribution in [3.8, 4) is 11.1 Å². The molecular weight excluding hydrogens is 536 g/mol. The van der Waals surface area contributed by atoms with E-state index in [0.717, 1.165) is 88.4 Å². The number of amides is 1. The molecule has 2 unspecified atom stereocenters. The number of para-hydroxylation sites is 1. The average Bonchev–Trinajstić information content (AvgIpc) is 3.54. The Morgan fingerprint density at radius 1 is 0.837 bits per heavy atom. The van der Waals surface area contributed by atoms with Crippen molar-refractivity contribution in [2.45, 2.75) is 64.6 Å². The van der Waals surface area contributed by atoms with Gasteiger partial charge >= 0.3 is 6.09 Å². The number of fused-ring (bicyclic) bond motifs is 1. The van der Waals surface area contributed by atoms with Crippen LogP contribution in [0.15, 0.2) is 78.9 Å². The van der Waals surface area contributed by atoms with Crippen molar-refractivity contribution in [1.29, 1.82) is 0 Å². The number of nitrogens with one attached hydrogen (secondary N) is 1. The molecule has 0 spiro atoms. The van der Waals surface area contributed by atoms with E-state index >= 15 is 0 Å². The summed E-state index contributed by atoms with van der Waals surface area (Å²) in [6.07, 6.45) is 4.46. The van der Waals surface area contributed by atoms with Crippen molar-refractivity contribution >= 4 is 11.8 Å². The van der Waals surface area contributed by atoms with Crippen molar-refractivity contribution in [2.75, 3.05) is 44.8 Å². The van der Waals surface area contributed by atoms with E-state index in [4.69, 9.17) is 14.2 Å². The van der Waals surface area contributed by atoms with Crippen LogP contribution in [-0.4, -0.2) is 62.2 Å². The number of benzene rings is 3. The van der Waals surface area contributed by atoms with Gasteiger partial charge in [0, 0.05) is 38.4 Å². The first-order valence-electron chi connectivity index (χ1n) is 16.0. The number of hydrogen-bond donors (Lipinski definition) is 1. The highest BCUT2D eigenvalue weighted by Crippen LogP contribution is 2.39. The van der Waals surface area contributed by atoms with E-state index in [1.165, 1.54) is 11.1 Å². The topological polar surface area (TPSA) is 60.0 Å². The summed E-state index contributed by atoms with van der Waals surface area (Å²) in [6, 6.07) is 26.9. The molecule has 1 aliphatic carbocycles. The molecule has 1 aliphatic heterocycles. The lowest BCUT2D eigenvalue weighted by Crippen LogP contribution is -2.27. The van der Waals surface area contributed by atoms with E-state index in [0.29, 0.717) is 11.8 Å². The first kappa shape index (κ1) is 31.2. The maximum absolute atomic E-state index is 12.8. The third kappa shape index (κ3) is 9.65. The lowest BCUT2D eigenvalue weighted by Gasteiger charge is -2.20. The highest BCUT2D eigenvalue weighted by atomic mass is 16.6. The van der Waals surface area contributed by atoms with Gasteiger partial charge in [0.25, 0.3) is 0 Å². The van der Waals surface area contributed by atoms with Gasteiger partial charge in [-0.05, 0) is 87.5 Å². The Morgan fingerprint density at radius 2 is 1.53 bits per heavy atom. The molecule has 0 bridgehead atoms. The van der Waals surface area contributed by atoms with Crippen LogP contribution in [0.3, 0.4) is 0 Å². The van der Waals surface area contributed by atoms with Crippen molar-refractivity contribution in [2.24, 2.45) is 11.8 Å². The monoisotopic (exact) mass is 584 g/mol. The Labute approximate surface area is 257 Å². The first-order valence-corrected chi connectivity index (χ1v) is 16.0. The van der Waals surface area contributed by atoms with E-state index in [9.17, 15) is 4.79 Å². The second-order valence-corrected chi connectivity index (χ2v) is 13.1. The molecule has 230 valence electrons. The molecule has 1 N–H and O–H groups in total. The highest BCUT2D eigenvalue weighted by molar-refractivity contribution is 5.91. The predicted molar refractivity (Wildman–Crippen MR) is 173 cm³/mol. The van der Waals surface area contributed by atoms with E-state index in [1.54, 1.807) is 0 Å². The zero-order valence-electron chi connectivity index (χ0n) is 26.1. The maximum atomic E-state index is 12.8. The summed E-state index contributed by atoms with van der Waals surface area (Å²) < 4.78 is 17.5. The molecular formula is C37H48N2O4. The standard InChI is InChI=1S/C37H48N2O4/c1-37(2,3)42-21-10-20-41-22-18-29-12-9-11-28(23-29)17-19-39-26-31-24-33(25-32(31)27-39)43-36(40)38-35-16-8-7-15-34(35)30-13-5-4-6-14-30/h4-9,11-16,23,31-33H,10,17-22,24-27H2,1-3H3,(H,38,40). The Kier molecular flexibility index (Phi) is 10.9. The molecule has 1 amide bonds. The average molecular weight is 585 g/mol. The van der Waals surface area contributed by atoms with Crippen molar-refractivity contribution in [3.63, 3.8) is 0 Å². The van der Waals surface area contributed by atoms with Gasteiger partial charge in [0.1, 0.15) is 6.10 Å². The fraction of sp³-hybridized carbons (Fsp3) is 0.486. The molecule has 6 heteroatoms. The largest absolute Gasteiger partial charge is 0.446 e. The second-order valence-electron chi connectivity index (χ2n) is 13.1. The summed E-state index contributed by atoms with van der Waals surface area (Å²) in [5, 5.41) is 3.00. The molecule has 3 aromatic rings. The number of likely N-dealkylation sites (tertiary alicyclic amines) is 1. The van der Waals surface area contributed by atoms with Gasteiger partial charge in [0.15, 0.2) is 0 Å². The van der Waals surface area contributed by atoms with Crippen LogP contribution in [0.4, 0.5) is 10.5 Å². The number of rotatable bonds is 13. The van der Waals surface area contributed by atoms with E-state index in [-0.39, 0.29) is 17.8 Å². The van der Waals surface area contributed by atoms with Gasteiger partial charge < -0.3 is 19.1 Å². The van der Waals surface area contributed by atoms with Crippen LogP contribution >= 0.6 is 0 Å². The van der Waals surface area contributed by atoms with Gasteiger partial charge in [0.2, 0.25) is 0 Å². The fourth-order valence-corrected chi connectivity index (χ4v) is 6.43. The molecule has 6 nitrogen and oxygen atoms in total. The summed E-state index contributed by atoms with van der Waals surface area (Å²) in [5.74, 6) is 1.21.